The van der Waals surface area contributed by atoms with E-state index in [2.05, 4.69) is 108 Å². The normalized spacial score (nSPS) is 16.2. The molecule has 2 nitrogen and oxygen atoms in total. The lowest BCUT2D eigenvalue weighted by Crippen LogP contribution is -2.22. The molecule has 0 saturated heterocycles. The third-order valence-electron chi connectivity index (χ3n) is 6.81. The van der Waals surface area contributed by atoms with Crippen molar-refractivity contribution in [1.29, 1.82) is 0 Å². The lowest BCUT2D eigenvalue weighted by atomic mass is 9.93. The zero-order valence-corrected chi connectivity index (χ0v) is 18.9. The first kappa shape index (κ1) is 20.3. The molecule has 1 unspecified atom stereocenters. The van der Waals surface area contributed by atoms with Crippen molar-refractivity contribution < 1.29 is 0 Å². The second kappa shape index (κ2) is 8.57. The van der Waals surface area contributed by atoms with Crippen LogP contribution in [0, 0.1) is 0 Å². The summed E-state index contributed by atoms with van der Waals surface area (Å²) in [5.41, 5.74) is 15.9. The van der Waals surface area contributed by atoms with Crippen molar-refractivity contribution >= 4 is 16.3 Å². The van der Waals surface area contributed by atoms with Gasteiger partial charge in [-0.05, 0) is 74.0 Å². The van der Waals surface area contributed by atoms with E-state index in [0.29, 0.717) is 6.04 Å². The van der Waals surface area contributed by atoms with Gasteiger partial charge in [-0.15, -0.1) is 0 Å². The highest BCUT2D eigenvalue weighted by Gasteiger charge is 2.21. The van der Waals surface area contributed by atoms with Gasteiger partial charge in [0.15, 0.2) is 0 Å². The summed E-state index contributed by atoms with van der Waals surface area (Å²) >= 11 is 0. The Kier molecular flexibility index (Phi) is 5.12. The Morgan fingerprint density at radius 3 is 2.24 bits per heavy atom. The van der Waals surface area contributed by atoms with Gasteiger partial charge in [-0.2, -0.15) is 0 Å². The molecule has 0 radical (unpaired) electrons. The standard InChI is InChI=1S/C32H26N2/c33-21-24(7-5-9-25-8-3-4-20-34-25)22-14-16-23(17-15-22)26-18-19-31-28-11-2-1-10-27(28)30-13-6-12-29(26)32(30)31/h1-8,10-21,25,34H,9,33H2/b7-5-,24-21+. The molecule has 0 saturated carbocycles. The van der Waals surface area contributed by atoms with Gasteiger partial charge in [0, 0.05) is 12.2 Å². The van der Waals surface area contributed by atoms with Crippen molar-refractivity contribution in [2.24, 2.45) is 5.73 Å². The molecule has 4 aromatic rings. The molecule has 164 valence electrons. The van der Waals surface area contributed by atoms with Gasteiger partial charge in [0.25, 0.3) is 0 Å². The molecule has 0 aromatic heterocycles. The van der Waals surface area contributed by atoms with E-state index in [4.69, 9.17) is 5.73 Å². The number of benzene rings is 4. The second-order valence-corrected chi connectivity index (χ2v) is 8.79. The van der Waals surface area contributed by atoms with E-state index in [1.54, 1.807) is 6.20 Å². The molecule has 1 aliphatic carbocycles. The highest BCUT2D eigenvalue weighted by atomic mass is 14.9. The predicted molar refractivity (Wildman–Crippen MR) is 145 cm³/mol. The second-order valence-electron chi connectivity index (χ2n) is 8.79. The van der Waals surface area contributed by atoms with Gasteiger partial charge in [-0.25, -0.2) is 0 Å². The van der Waals surface area contributed by atoms with Crippen LogP contribution in [0.15, 0.2) is 122 Å². The van der Waals surface area contributed by atoms with Gasteiger partial charge in [-0.1, -0.05) is 103 Å². The Morgan fingerprint density at radius 1 is 0.765 bits per heavy atom. The minimum absolute atomic E-state index is 0.331. The van der Waals surface area contributed by atoms with Crippen LogP contribution in [0.1, 0.15) is 12.0 Å². The van der Waals surface area contributed by atoms with Gasteiger partial charge < -0.3 is 11.1 Å². The molecule has 0 spiro atoms. The molecular weight excluding hydrogens is 412 g/mol. The maximum atomic E-state index is 5.98. The van der Waals surface area contributed by atoms with Crippen molar-refractivity contribution in [2.75, 3.05) is 0 Å². The van der Waals surface area contributed by atoms with E-state index in [9.17, 15) is 0 Å². The number of dihydropyridines is 1. The minimum Gasteiger partial charge on any atom is -0.404 e. The monoisotopic (exact) mass is 438 g/mol. The third kappa shape index (κ3) is 3.45. The Labute approximate surface area is 200 Å². The van der Waals surface area contributed by atoms with Crippen molar-refractivity contribution in [3.8, 4) is 33.4 Å². The highest BCUT2D eigenvalue weighted by Crippen LogP contribution is 2.49. The molecule has 0 bridgehead atoms. The minimum atomic E-state index is 0.331. The van der Waals surface area contributed by atoms with Gasteiger partial charge in [0.1, 0.15) is 0 Å². The first-order valence-corrected chi connectivity index (χ1v) is 11.8. The van der Waals surface area contributed by atoms with Gasteiger partial charge >= 0.3 is 0 Å². The molecule has 4 aromatic carbocycles. The molecule has 6 rings (SSSR count). The van der Waals surface area contributed by atoms with E-state index in [-0.39, 0.29) is 0 Å². The van der Waals surface area contributed by atoms with Crippen LogP contribution in [0.2, 0.25) is 0 Å². The summed E-state index contributed by atoms with van der Waals surface area (Å²) < 4.78 is 0. The molecular formula is C32H26N2. The summed E-state index contributed by atoms with van der Waals surface area (Å²) in [6.07, 6.45) is 15.1. The van der Waals surface area contributed by atoms with Gasteiger partial charge in [0.2, 0.25) is 0 Å². The van der Waals surface area contributed by atoms with Crippen LogP contribution in [0.25, 0.3) is 49.7 Å². The van der Waals surface area contributed by atoms with Crippen LogP contribution < -0.4 is 11.1 Å². The molecule has 2 aliphatic rings. The summed E-state index contributed by atoms with van der Waals surface area (Å²) in [5, 5.41) is 6.00. The van der Waals surface area contributed by atoms with E-state index in [0.717, 1.165) is 17.6 Å². The van der Waals surface area contributed by atoms with Crippen LogP contribution in [0.5, 0.6) is 0 Å². The molecule has 1 aliphatic heterocycles. The Hall–Kier alpha value is -4.30. The van der Waals surface area contributed by atoms with E-state index >= 15 is 0 Å². The number of hydrogen-bond donors (Lipinski definition) is 2. The number of rotatable bonds is 5. The number of nitrogens with one attached hydrogen (secondary N) is 1. The molecule has 34 heavy (non-hydrogen) atoms. The zero-order chi connectivity index (χ0) is 22.9. The molecule has 0 amide bonds. The van der Waals surface area contributed by atoms with Crippen molar-refractivity contribution in [2.45, 2.75) is 12.5 Å². The predicted octanol–water partition coefficient (Wildman–Crippen LogP) is 7.44. The summed E-state index contributed by atoms with van der Waals surface area (Å²) in [4.78, 5) is 0. The summed E-state index contributed by atoms with van der Waals surface area (Å²) in [6, 6.07) is 29.0. The van der Waals surface area contributed by atoms with Gasteiger partial charge in [0.05, 0.1) is 0 Å². The van der Waals surface area contributed by atoms with Crippen LogP contribution >= 0.6 is 0 Å². The third-order valence-corrected chi connectivity index (χ3v) is 6.81. The number of allylic oxidation sites excluding steroid dienone is 4. The maximum Gasteiger partial charge on any atom is 0.0476 e. The lowest BCUT2D eigenvalue weighted by Gasteiger charge is -2.13. The van der Waals surface area contributed by atoms with E-state index in [1.807, 2.05) is 12.3 Å². The van der Waals surface area contributed by atoms with Crippen molar-refractivity contribution in [3.05, 3.63) is 127 Å². The molecule has 1 heterocycles. The van der Waals surface area contributed by atoms with Gasteiger partial charge in [-0.3, -0.25) is 0 Å². The molecule has 2 heteroatoms. The summed E-state index contributed by atoms with van der Waals surface area (Å²) in [7, 11) is 0. The van der Waals surface area contributed by atoms with Crippen molar-refractivity contribution in [3.63, 3.8) is 0 Å². The van der Waals surface area contributed by atoms with E-state index < -0.39 is 0 Å². The fourth-order valence-electron chi connectivity index (χ4n) is 5.13. The Balaban J connectivity index is 1.30. The lowest BCUT2D eigenvalue weighted by molar-refractivity contribution is 0.703. The summed E-state index contributed by atoms with van der Waals surface area (Å²) in [6.45, 7) is 0. The highest BCUT2D eigenvalue weighted by molar-refractivity contribution is 6.18. The smallest absolute Gasteiger partial charge is 0.0476 e. The first-order chi connectivity index (χ1) is 16.8. The number of hydrogen-bond acceptors (Lipinski definition) is 2. The maximum absolute atomic E-state index is 5.98. The molecule has 3 N–H and O–H groups in total. The average Bonchev–Trinajstić information content (AvgIpc) is 3.23. The first-order valence-electron chi connectivity index (χ1n) is 11.8. The number of nitrogens with two attached hydrogens (primary N) is 1. The van der Waals surface area contributed by atoms with Crippen LogP contribution in [0.4, 0.5) is 0 Å². The molecule has 0 fully saturated rings. The topological polar surface area (TPSA) is 38.0 Å². The largest absolute Gasteiger partial charge is 0.404 e. The van der Waals surface area contributed by atoms with Crippen LogP contribution in [0.3, 0.4) is 0 Å². The summed E-state index contributed by atoms with van der Waals surface area (Å²) in [5.74, 6) is 0. The molecule has 1 atom stereocenters. The van der Waals surface area contributed by atoms with Crippen LogP contribution in [-0.4, -0.2) is 6.04 Å². The average molecular weight is 439 g/mol. The number of fused-ring (bicyclic) bond motifs is 3. The SMILES string of the molecule is N/C=C(\C=C/CC1C=CC=CN1)c1ccc(-c2ccc3c4c(cccc24)-c2ccccc2-3)cc1. The van der Waals surface area contributed by atoms with Crippen LogP contribution in [-0.2, 0) is 0 Å². The fourth-order valence-corrected chi connectivity index (χ4v) is 5.13. The van der Waals surface area contributed by atoms with Crippen molar-refractivity contribution in [1.82, 2.24) is 5.32 Å². The Bertz CT molecular complexity index is 1470. The zero-order valence-electron chi connectivity index (χ0n) is 18.9. The quantitative estimate of drug-likeness (QED) is 0.280. The van der Waals surface area contributed by atoms with E-state index in [1.165, 1.54) is 44.2 Å². The fraction of sp³-hybridized carbons (Fsp3) is 0.0625. The Morgan fingerprint density at radius 2 is 1.50 bits per heavy atom.